The zero-order valence-corrected chi connectivity index (χ0v) is 8.01. The highest BCUT2D eigenvalue weighted by Crippen LogP contribution is 2.18. The molecule has 1 heterocycles. The first-order chi connectivity index (χ1) is 6.77. The van der Waals surface area contributed by atoms with Gasteiger partial charge < -0.3 is 4.98 Å². The summed E-state index contributed by atoms with van der Waals surface area (Å²) < 4.78 is 13.6. The van der Waals surface area contributed by atoms with Gasteiger partial charge in [-0.15, -0.1) is 0 Å². The maximum atomic E-state index is 13.3. The van der Waals surface area contributed by atoms with Gasteiger partial charge in [-0.1, -0.05) is 30.3 Å². The zero-order chi connectivity index (χ0) is 9.97. The van der Waals surface area contributed by atoms with Crippen molar-refractivity contribution in [2.45, 2.75) is 0 Å². The van der Waals surface area contributed by atoms with E-state index in [2.05, 4.69) is 9.97 Å². The van der Waals surface area contributed by atoms with Gasteiger partial charge >= 0.3 is 0 Å². The second kappa shape index (κ2) is 3.67. The fraction of sp³-hybridized carbons (Fsp3) is 0. The summed E-state index contributed by atoms with van der Waals surface area (Å²) in [5.74, 6) is -0.398. The Kier molecular flexibility index (Phi) is 2.37. The standard InChI is InChI=1S/C10H7FN2S/c11-8-6-12-10(14)13-9(8)7-4-2-1-3-5-7/h1-6H,(H,12,13,14). The van der Waals surface area contributed by atoms with Crippen molar-refractivity contribution in [1.29, 1.82) is 0 Å². The minimum atomic E-state index is -0.398. The van der Waals surface area contributed by atoms with Crippen molar-refractivity contribution in [3.8, 4) is 11.3 Å². The summed E-state index contributed by atoms with van der Waals surface area (Å²) in [4.78, 5) is 6.37. The largest absolute Gasteiger partial charge is 0.328 e. The third-order valence-corrected chi connectivity index (χ3v) is 2.04. The predicted molar refractivity (Wildman–Crippen MR) is 54.8 cm³/mol. The average molecular weight is 206 g/mol. The molecule has 1 N–H and O–H groups in total. The molecule has 1 aromatic heterocycles. The number of hydrogen-bond donors (Lipinski definition) is 1. The Hall–Kier alpha value is -1.55. The summed E-state index contributed by atoms with van der Waals surface area (Å²) in [5.41, 5.74) is 1.14. The molecule has 0 spiro atoms. The van der Waals surface area contributed by atoms with Crippen molar-refractivity contribution >= 4 is 12.2 Å². The summed E-state index contributed by atoms with van der Waals surface area (Å²) in [6.07, 6.45) is 1.13. The van der Waals surface area contributed by atoms with E-state index in [0.29, 0.717) is 5.69 Å². The molecule has 2 nitrogen and oxygen atoms in total. The van der Waals surface area contributed by atoms with Crippen LogP contribution in [0.5, 0.6) is 0 Å². The molecule has 0 aliphatic heterocycles. The Labute approximate surface area is 85.5 Å². The van der Waals surface area contributed by atoms with Crippen LogP contribution in [0.15, 0.2) is 36.5 Å². The third-order valence-electron chi connectivity index (χ3n) is 1.83. The quantitative estimate of drug-likeness (QED) is 0.727. The molecule has 0 radical (unpaired) electrons. The van der Waals surface area contributed by atoms with Gasteiger partial charge in [-0.25, -0.2) is 9.37 Å². The smallest absolute Gasteiger partial charge is 0.197 e. The molecule has 0 unspecified atom stereocenters. The molecule has 0 fully saturated rings. The van der Waals surface area contributed by atoms with Crippen LogP contribution < -0.4 is 0 Å². The Morgan fingerprint density at radius 1 is 1.21 bits per heavy atom. The summed E-state index contributed by atoms with van der Waals surface area (Å²) >= 11 is 4.83. The molecule has 0 atom stereocenters. The minimum absolute atomic E-state index is 0.283. The number of rotatable bonds is 1. The number of aromatic amines is 1. The van der Waals surface area contributed by atoms with Crippen molar-refractivity contribution in [1.82, 2.24) is 9.97 Å². The van der Waals surface area contributed by atoms with Gasteiger partial charge in [0.25, 0.3) is 0 Å². The fourth-order valence-corrected chi connectivity index (χ4v) is 1.35. The van der Waals surface area contributed by atoms with Crippen LogP contribution in [0.25, 0.3) is 11.3 Å². The lowest BCUT2D eigenvalue weighted by Crippen LogP contribution is -1.91. The number of benzene rings is 1. The lowest BCUT2D eigenvalue weighted by molar-refractivity contribution is 0.617. The first-order valence-corrected chi connectivity index (χ1v) is 4.48. The average Bonchev–Trinajstić information content (AvgIpc) is 2.23. The molecular weight excluding hydrogens is 199 g/mol. The Bertz CT molecular complexity index is 493. The van der Waals surface area contributed by atoms with Crippen LogP contribution in [0.1, 0.15) is 0 Å². The van der Waals surface area contributed by atoms with E-state index in [0.717, 1.165) is 11.8 Å². The highest BCUT2D eigenvalue weighted by molar-refractivity contribution is 7.71. The van der Waals surface area contributed by atoms with Crippen LogP contribution in [0.4, 0.5) is 4.39 Å². The first kappa shape index (κ1) is 9.02. The summed E-state index contributed by atoms with van der Waals surface area (Å²) in [6.45, 7) is 0. The van der Waals surface area contributed by atoms with Gasteiger partial charge in [0.05, 0.1) is 11.9 Å². The van der Waals surface area contributed by atoms with E-state index in [4.69, 9.17) is 12.2 Å². The number of nitrogens with zero attached hydrogens (tertiary/aromatic N) is 1. The molecule has 0 amide bonds. The van der Waals surface area contributed by atoms with E-state index in [9.17, 15) is 4.39 Å². The molecule has 2 aromatic rings. The van der Waals surface area contributed by atoms with Crippen LogP contribution in [0, 0.1) is 10.6 Å². The molecule has 0 aliphatic carbocycles. The molecular formula is C10H7FN2S. The molecule has 0 saturated heterocycles. The Morgan fingerprint density at radius 3 is 2.64 bits per heavy atom. The van der Waals surface area contributed by atoms with Crippen molar-refractivity contribution in [2.75, 3.05) is 0 Å². The third kappa shape index (κ3) is 1.70. The molecule has 1 aromatic carbocycles. The molecule has 70 valence electrons. The van der Waals surface area contributed by atoms with Crippen LogP contribution in [-0.4, -0.2) is 9.97 Å². The van der Waals surface area contributed by atoms with Gasteiger partial charge in [-0.2, -0.15) is 0 Å². The number of H-pyrrole nitrogens is 1. The molecule has 2 rings (SSSR count). The predicted octanol–water partition coefficient (Wildman–Crippen LogP) is 2.95. The van der Waals surface area contributed by atoms with Crippen molar-refractivity contribution in [3.63, 3.8) is 0 Å². The van der Waals surface area contributed by atoms with Crippen LogP contribution in [0.2, 0.25) is 0 Å². The lowest BCUT2D eigenvalue weighted by Gasteiger charge is -2.01. The topological polar surface area (TPSA) is 28.7 Å². The summed E-state index contributed by atoms with van der Waals surface area (Å²) in [7, 11) is 0. The highest BCUT2D eigenvalue weighted by Gasteiger charge is 2.04. The number of hydrogen-bond acceptors (Lipinski definition) is 2. The van der Waals surface area contributed by atoms with Crippen molar-refractivity contribution < 1.29 is 4.39 Å². The normalized spacial score (nSPS) is 10.1. The number of halogens is 1. The zero-order valence-electron chi connectivity index (χ0n) is 7.20. The van der Waals surface area contributed by atoms with Crippen LogP contribution >= 0.6 is 12.2 Å². The van der Waals surface area contributed by atoms with Crippen LogP contribution in [-0.2, 0) is 0 Å². The molecule has 14 heavy (non-hydrogen) atoms. The van der Waals surface area contributed by atoms with Gasteiger partial charge in [-0.05, 0) is 12.2 Å². The highest BCUT2D eigenvalue weighted by atomic mass is 32.1. The van der Waals surface area contributed by atoms with Crippen molar-refractivity contribution in [2.24, 2.45) is 0 Å². The maximum absolute atomic E-state index is 13.3. The van der Waals surface area contributed by atoms with Gasteiger partial charge in [0.2, 0.25) is 0 Å². The van der Waals surface area contributed by atoms with E-state index in [-0.39, 0.29) is 4.77 Å². The minimum Gasteiger partial charge on any atom is -0.328 e. The van der Waals surface area contributed by atoms with Gasteiger partial charge in [-0.3, -0.25) is 0 Å². The molecule has 0 saturated carbocycles. The van der Waals surface area contributed by atoms with E-state index >= 15 is 0 Å². The van der Waals surface area contributed by atoms with Gasteiger partial charge in [0.15, 0.2) is 10.6 Å². The SMILES string of the molecule is Fc1cnc(=S)[nH]c1-c1ccccc1. The Morgan fingerprint density at radius 2 is 1.93 bits per heavy atom. The second-order valence-electron chi connectivity index (χ2n) is 2.78. The van der Waals surface area contributed by atoms with Gasteiger partial charge in [0.1, 0.15) is 0 Å². The first-order valence-electron chi connectivity index (χ1n) is 4.07. The molecule has 0 bridgehead atoms. The maximum Gasteiger partial charge on any atom is 0.197 e. The van der Waals surface area contributed by atoms with E-state index in [1.54, 1.807) is 0 Å². The van der Waals surface area contributed by atoms with E-state index in [1.807, 2.05) is 30.3 Å². The fourth-order valence-electron chi connectivity index (χ4n) is 1.19. The number of aromatic nitrogens is 2. The second-order valence-corrected chi connectivity index (χ2v) is 3.16. The monoisotopic (exact) mass is 206 g/mol. The summed E-state index contributed by atoms with van der Waals surface area (Å²) in [5, 5.41) is 0. The van der Waals surface area contributed by atoms with Gasteiger partial charge in [0, 0.05) is 5.56 Å². The lowest BCUT2D eigenvalue weighted by atomic mass is 10.1. The van der Waals surface area contributed by atoms with E-state index in [1.165, 1.54) is 0 Å². The van der Waals surface area contributed by atoms with Crippen molar-refractivity contribution in [3.05, 3.63) is 47.1 Å². The molecule has 4 heteroatoms. The molecule has 0 aliphatic rings. The van der Waals surface area contributed by atoms with E-state index < -0.39 is 5.82 Å². The summed E-state index contributed by atoms with van der Waals surface area (Å²) in [6, 6.07) is 9.17. The Balaban J connectivity index is 2.62. The number of nitrogens with one attached hydrogen (secondary N) is 1. The van der Waals surface area contributed by atoms with Crippen LogP contribution in [0.3, 0.4) is 0 Å².